The van der Waals surface area contributed by atoms with Crippen molar-refractivity contribution in [2.24, 2.45) is 0 Å². The summed E-state index contributed by atoms with van der Waals surface area (Å²) in [6.07, 6.45) is 0.937. The summed E-state index contributed by atoms with van der Waals surface area (Å²) in [6, 6.07) is 13.9. The fraction of sp³-hybridized carbons (Fsp3) is 0.211. The molecule has 24 heavy (non-hydrogen) atoms. The molecule has 4 nitrogen and oxygen atoms in total. The van der Waals surface area contributed by atoms with Crippen LogP contribution < -0.4 is 10.1 Å². The molecule has 0 fully saturated rings. The van der Waals surface area contributed by atoms with Crippen LogP contribution in [0.4, 0.5) is 5.82 Å². The minimum atomic E-state index is 0.677. The number of rotatable bonds is 3. The van der Waals surface area contributed by atoms with Crippen LogP contribution in [0.5, 0.6) is 5.75 Å². The zero-order valence-electron chi connectivity index (χ0n) is 13.6. The maximum atomic E-state index is 6.22. The Hall–Kier alpha value is -2.46. The van der Waals surface area contributed by atoms with Gasteiger partial charge in [-0.1, -0.05) is 29.8 Å². The number of benzene rings is 2. The molecule has 0 bridgehead atoms. The highest BCUT2D eigenvalue weighted by Crippen LogP contribution is 2.39. The Morgan fingerprint density at radius 2 is 2.04 bits per heavy atom. The smallest absolute Gasteiger partial charge is 0.133 e. The molecule has 0 aliphatic carbocycles. The van der Waals surface area contributed by atoms with Gasteiger partial charge in [0.2, 0.25) is 0 Å². The van der Waals surface area contributed by atoms with Crippen LogP contribution in [0.3, 0.4) is 0 Å². The highest BCUT2D eigenvalue weighted by atomic mass is 35.5. The van der Waals surface area contributed by atoms with Gasteiger partial charge in [0.1, 0.15) is 17.3 Å². The Kier molecular flexibility index (Phi) is 3.69. The zero-order valence-corrected chi connectivity index (χ0v) is 14.4. The molecule has 2 heterocycles. The summed E-state index contributed by atoms with van der Waals surface area (Å²) in [7, 11) is 1.67. The van der Waals surface area contributed by atoms with E-state index in [1.165, 1.54) is 11.1 Å². The molecule has 0 atom stereocenters. The van der Waals surface area contributed by atoms with Gasteiger partial charge < -0.3 is 10.1 Å². The van der Waals surface area contributed by atoms with Gasteiger partial charge in [-0.25, -0.2) is 4.68 Å². The molecule has 3 aromatic rings. The number of para-hydroxylation sites is 1. The Morgan fingerprint density at radius 3 is 2.83 bits per heavy atom. The van der Waals surface area contributed by atoms with Crippen molar-refractivity contribution >= 4 is 17.4 Å². The lowest BCUT2D eigenvalue weighted by Gasteiger charge is -2.10. The van der Waals surface area contributed by atoms with Crippen LogP contribution in [0.1, 0.15) is 11.1 Å². The van der Waals surface area contributed by atoms with Crippen molar-refractivity contribution < 1.29 is 4.74 Å². The lowest BCUT2D eigenvalue weighted by molar-refractivity contribution is 0.416. The van der Waals surface area contributed by atoms with Crippen molar-refractivity contribution in [3.05, 3.63) is 58.6 Å². The molecule has 4 rings (SSSR count). The monoisotopic (exact) mass is 339 g/mol. The second-order valence-corrected chi connectivity index (χ2v) is 6.33. The minimum absolute atomic E-state index is 0.677. The number of fused-ring (bicyclic) bond motifs is 1. The molecule has 1 aliphatic rings. The molecule has 0 unspecified atom stereocenters. The van der Waals surface area contributed by atoms with Crippen molar-refractivity contribution in [3.63, 3.8) is 0 Å². The summed E-state index contributed by atoms with van der Waals surface area (Å²) in [5, 5.41) is 9.04. The van der Waals surface area contributed by atoms with Gasteiger partial charge in [-0.2, -0.15) is 5.10 Å². The van der Waals surface area contributed by atoms with E-state index >= 15 is 0 Å². The van der Waals surface area contributed by atoms with E-state index in [4.69, 9.17) is 21.4 Å². The molecule has 0 saturated carbocycles. The predicted octanol–water partition coefficient (Wildman–Crippen LogP) is 4.48. The lowest BCUT2D eigenvalue weighted by Crippen LogP contribution is -2.05. The number of anilines is 1. The van der Waals surface area contributed by atoms with Crippen LogP contribution in [-0.2, 0) is 6.42 Å². The van der Waals surface area contributed by atoms with E-state index in [1.54, 1.807) is 7.11 Å². The first-order valence-corrected chi connectivity index (χ1v) is 8.32. The average molecular weight is 340 g/mol. The van der Waals surface area contributed by atoms with E-state index in [0.29, 0.717) is 5.02 Å². The molecular weight excluding hydrogens is 322 g/mol. The average Bonchev–Trinajstić information content (AvgIpc) is 3.18. The Morgan fingerprint density at radius 1 is 1.21 bits per heavy atom. The van der Waals surface area contributed by atoms with Gasteiger partial charge in [-0.15, -0.1) is 0 Å². The summed E-state index contributed by atoms with van der Waals surface area (Å²) >= 11 is 6.22. The van der Waals surface area contributed by atoms with Crippen LogP contribution in [-0.4, -0.2) is 23.4 Å². The number of methoxy groups -OCH3 is 1. The standard InChI is InChI=1S/C19H18ClN3O/c1-12-5-3-4-6-16(12)23-19-14(9-10-21-19)18(22-23)15-11-13(20)7-8-17(15)24-2/h3-8,11,21H,9-10H2,1-2H3. The Balaban J connectivity index is 1.95. The van der Waals surface area contributed by atoms with E-state index < -0.39 is 0 Å². The zero-order chi connectivity index (χ0) is 16.7. The first kappa shape index (κ1) is 15.1. The third-order valence-electron chi connectivity index (χ3n) is 4.41. The Bertz CT molecular complexity index is 917. The van der Waals surface area contributed by atoms with Crippen molar-refractivity contribution in [1.82, 2.24) is 9.78 Å². The summed E-state index contributed by atoms with van der Waals surface area (Å²) < 4.78 is 7.52. The van der Waals surface area contributed by atoms with E-state index in [2.05, 4.69) is 24.4 Å². The van der Waals surface area contributed by atoms with Crippen molar-refractivity contribution in [2.45, 2.75) is 13.3 Å². The number of aryl methyl sites for hydroxylation is 1. The third kappa shape index (κ3) is 2.34. The van der Waals surface area contributed by atoms with E-state index in [-0.39, 0.29) is 0 Å². The number of ether oxygens (including phenoxy) is 1. The molecular formula is C19H18ClN3O. The van der Waals surface area contributed by atoms with Crippen LogP contribution in [0, 0.1) is 6.92 Å². The van der Waals surface area contributed by atoms with Gasteiger partial charge in [0.05, 0.1) is 12.8 Å². The SMILES string of the molecule is COc1ccc(Cl)cc1-c1nn(-c2ccccc2C)c2c1CCN2. The fourth-order valence-electron chi connectivity index (χ4n) is 3.23. The van der Waals surface area contributed by atoms with Crippen molar-refractivity contribution in [1.29, 1.82) is 0 Å². The summed E-state index contributed by atoms with van der Waals surface area (Å²) in [4.78, 5) is 0. The number of aromatic nitrogens is 2. The second kappa shape index (κ2) is 5.87. The molecule has 2 aromatic carbocycles. The number of hydrogen-bond acceptors (Lipinski definition) is 3. The number of hydrogen-bond donors (Lipinski definition) is 1. The van der Waals surface area contributed by atoms with Gasteiger partial charge in [-0.05, 0) is 43.2 Å². The van der Waals surface area contributed by atoms with Crippen molar-refractivity contribution in [3.8, 4) is 22.7 Å². The predicted molar refractivity (Wildman–Crippen MR) is 97.5 cm³/mol. The topological polar surface area (TPSA) is 39.1 Å². The molecule has 1 aliphatic heterocycles. The number of halogens is 1. The normalized spacial score (nSPS) is 12.8. The molecule has 0 spiro atoms. The van der Waals surface area contributed by atoms with Gasteiger partial charge in [0.15, 0.2) is 0 Å². The third-order valence-corrected chi connectivity index (χ3v) is 4.65. The second-order valence-electron chi connectivity index (χ2n) is 5.90. The highest BCUT2D eigenvalue weighted by molar-refractivity contribution is 6.31. The summed E-state index contributed by atoms with van der Waals surface area (Å²) in [5.74, 6) is 1.84. The lowest BCUT2D eigenvalue weighted by atomic mass is 10.1. The largest absolute Gasteiger partial charge is 0.496 e. The quantitative estimate of drug-likeness (QED) is 0.764. The maximum absolute atomic E-state index is 6.22. The number of nitrogens with one attached hydrogen (secondary N) is 1. The van der Waals surface area contributed by atoms with Crippen LogP contribution >= 0.6 is 11.6 Å². The Labute approximate surface area is 146 Å². The first-order valence-electron chi connectivity index (χ1n) is 7.94. The molecule has 1 N–H and O–H groups in total. The van der Waals surface area contributed by atoms with Crippen LogP contribution in [0.15, 0.2) is 42.5 Å². The van der Waals surface area contributed by atoms with Crippen LogP contribution in [0.2, 0.25) is 5.02 Å². The summed E-state index contributed by atoms with van der Waals surface area (Å²) in [6.45, 7) is 3.01. The fourth-order valence-corrected chi connectivity index (χ4v) is 3.40. The van der Waals surface area contributed by atoms with Gasteiger partial charge in [0, 0.05) is 22.7 Å². The minimum Gasteiger partial charge on any atom is -0.496 e. The van der Waals surface area contributed by atoms with E-state index in [1.807, 2.05) is 35.0 Å². The molecule has 122 valence electrons. The first-order chi connectivity index (χ1) is 11.7. The van der Waals surface area contributed by atoms with Gasteiger partial charge in [0.25, 0.3) is 0 Å². The van der Waals surface area contributed by atoms with Crippen molar-refractivity contribution in [2.75, 3.05) is 19.0 Å². The van der Waals surface area contributed by atoms with Gasteiger partial charge in [-0.3, -0.25) is 0 Å². The molecule has 1 aromatic heterocycles. The molecule has 0 amide bonds. The molecule has 0 radical (unpaired) electrons. The van der Waals surface area contributed by atoms with E-state index in [0.717, 1.165) is 41.5 Å². The van der Waals surface area contributed by atoms with Crippen LogP contribution in [0.25, 0.3) is 16.9 Å². The van der Waals surface area contributed by atoms with E-state index in [9.17, 15) is 0 Å². The summed E-state index contributed by atoms with van der Waals surface area (Å²) in [5.41, 5.74) is 5.32. The number of nitrogens with zero attached hydrogens (tertiary/aromatic N) is 2. The maximum Gasteiger partial charge on any atom is 0.133 e. The molecule has 5 heteroatoms. The molecule has 0 saturated heterocycles. The van der Waals surface area contributed by atoms with Gasteiger partial charge >= 0.3 is 0 Å². The highest BCUT2D eigenvalue weighted by Gasteiger charge is 2.26.